The van der Waals surface area contributed by atoms with E-state index in [9.17, 15) is 5.11 Å². The maximum atomic E-state index is 9.53. The summed E-state index contributed by atoms with van der Waals surface area (Å²) in [6, 6.07) is 0. The second-order valence-corrected chi connectivity index (χ2v) is 5.28. The Morgan fingerprint density at radius 3 is 2.87 bits per heavy atom. The molecule has 2 aliphatic heterocycles. The SMILES string of the molecule is CCO[C@H]1O[C@@H]2[C@H](O1)[C@H](CO)O[C@H]2n1cnc2c(N)ncnc21. The minimum Gasteiger partial charge on any atom is -0.394 e. The maximum Gasteiger partial charge on any atom is 0.272 e. The van der Waals surface area contributed by atoms with Crippen LogP contribution in [0.5, 0.6) is 0 Å². The van der Waals surface area contributed by atoms with Gasteiger partial charge in [0.15, 0.2) is 17.7 Å². The van der Waals surface area contributed by atoms with Gasteiger partial charge in [-0.3, -0.25) is 4.57 Å². The Bertz CT molecular complexity index is 709. The molecule has 5 atom stereocenters. The lowest BCUT2D eigenvalue weighted by Crippen LogP contribution is -2.31. The number of imidazole rings is 1. The van der Waals surface area contributed by atoms with Crippen molar-refractivity contribution >= 4 is 17.0 Å². The van der Waals surface area contributed by atoms with Crippen molar-refractivity contribution in [2.24, 2.45) is 0 Å². The summed E-state index contributed by atoms with van der Waals surface area (Å²) in [5.74, 6) is 0.290. The van der Waals surface area contributed by atoms with Gasteiger partial charge in [-0.1, -0.05) is 0 Å². The zero-order chi connectivity index (χ0) is 16.0. The highest BCUT2D eigenvalue weighted by Gasteiger charge is 2.54. The van der Waals surface area contributed by atoms with E-state index in [0.29, 0.717) is 17.8 Å². The summed E-state index contributed by atoms with van der Waals surface area (Å²) in [5, 5.41) is 9.53. The van der Waals surface area contributed by atoms with Crippen LogP contribution in [-0.2, 0) is 18.9 Å². The molecule has 0 amide bonds. The van der Waals surface area contributed by atoms with Gasteiger partial charge in [0.2, 0.25) is 0 Å². The van der Waals surface area contributed by atoms with Crippen LogP contribution in [0.2, 0.25) is 0 Å². The average Bonchev–Trinajstić information content (AvgIpc) is 3.21. The van der Waals surface area contributed by atoms with Crippen molar-refractivity contribution in [2.75, 3.05) is 18.9 Å². The summed E-state index contributed by atoms with van der Waals surface area (Å²) in [6.07, 6.45) is 0.972. The van der Waals surface area contributed by atoms with E-state index in [4.69, 9.17) is 24.7 Å². The van der Waals surface area contributed by atoms with Gasteiger partial charge in [0.1, 0.15) is 30.2 Å². The number of aliphatic hydroxyl groups is 1. The molecule has 0 aliphatic carbocycles. The Hall–Kier alpha value is -1.85. The van der Waals surface area contributed by atoms with Gasteiger partial charge in [0.25, 0.3) is 6.48 Å². The van der Waals surface area contributed by atoms with Crippen LogP contribution in [-0.4, -0.2) is 62.6 Å². The van der Waals surface area contributed by atoms with Gasteiger partial charge in [-0.15, -0.1) is 0 Å². The number of nitrogens with zero attached hydrogens (tertiary/aromatic N) is 4. The molecule has 10 heteroatoms. The van der Waals surface area contributed by atoms with Crippen LogP contribution in [0.3, 0.4) is 0 Å². The predicted molar refractivity (Wildman–Crippen MR) is 75.9 cm³/mol. The standard InChI is InChI=1S/C13H17N5O5/c1-2-20-13-22-8-6(3-19)21-12(9(8)23-13)18-5-17-7-10(14)15-4-16-11(7)18/h4-6,8-9,12-13,19H,2-3H2,1H3,(H2,14,15,16)/t6-,8+,9+,12+,13+/m0/s1. The van der Waals surface area contributed by atoms with Crippen molar-refractivity contribution in [3.8, 4) is 0 Å². The summed E-state index contributed by atoms with van der Waals surface area (Å²) >= 11 is 0. The molecule has 3 N–H and O–H groups in total. The largest absolute Gasteiger partial charge is 0.394 e. The van der Waals surface area contributed by atoms with Crippen molar-refractivity contribution in [1.82, 2.24) is 19.5 Å². The van der Waals surface area contributed by atoms with Crippen LogP contribution in [0.25, 0.3) is 11.2 Å². The first-order chi connectivity index (χ1) is 11.2. The van der Waals surface area contributed by atoms with Gasteiger partial charge in [0, 0.05) is 6.61 Å². The maximum absolute atomic E-state index is 9.53. The molecule has 0 aromatic carbocycles. The molecule has 0 spiro atoms. The lowest BCUT2D eigenvalue weighted by molar-refractivity contribution is -0.265. The van der Waals surface area contributed by atoms with Crippen LogP contribution >= 0.6 is 0 Å². The fourth-order valence-electron chi connectivity index (χ4n) is 2.95. The second kappa shape index (κ2) is 5.65. The van der Waals surface area contributed by atoms with Crippen molar-refractivity contribution in [3.63, 3.8) is 0 Å². The van der Waals surface area contributed by atoms with Crippen molar-refractivity contribution in [3.05, 3.63) is 12.7 Å². The zero-order valence-electron chi connectivity index (χ0n) is 12.4. The fraction of sp³-hybridized carbons (Fsp3) is 0.615. The fourth-order valence-corrected chi connectivity index (χ4v) is 2.95. The van der Waals surface area contributed by atoms with Crippen molar-refractivity contribution < 1.29 is 24.1 Å². The Labute approximate surface area is 131 Å². The molecule has 2 saturated heterocycles. The number of aliphatic hydroxyl groups excluding tert-OH is 1. The quantitative estimate of drug-likeness (QED) is 0.758. The number of nitrogen functional groups attached to an aromatic ring is 1. The van der Waals surface area contributed by atoms with Crippen LogP contribution in [0, 0.1) is 0 Å². The van der Waals surface area contributed by atoms with E-state index in [0.717, 1.165) is 0 Å². The highest BCUT2D eigenvalue weighted by atomic mass is 16.9. The number of ether oxygens (including phenoxy) is 4. The Morgan fingerprint density at radius 1 is 1.26 bits per heavy atom. The Balaban J connectivity index is 1.69. The molecule has 2 aromatic rings. The number of anilines is 1. The van der Waals surface area contributed by atoms with Gasteiger partial charge >= 0.3 is 0 Å². The smallest absolute Gasteiger partial charge is 0.272 e. The molecule has 23 heavy (non-hydrogen) atoms. The molecule has 0 unspecified atom stereocenters. The number of nitrogens with two attached hydrogens (primary N) is 1. The van der Waals surface area contributed by atoms with Crippen molar-refractivity contribution in [1.29, 1.82) is 0 Å². The monoisotopic (exact) mass is 323 g/mol. The first-order valence-electron chi connectivity index (χ1n) is 7.34. The normalized spacial score (nSPS) is 33.4. The summed E-state index contributed by atoms with van der Waals surface area (Å²) in [7, 11) is 0. The highest BCUT2D eigenvalue weighted by molar-refractivity contribution is 5.81. The Kier molecular flexibility index (Phi) is 3.62. The van der Waals surface area contributed by atoms with E-state index in [1.54, 1.807) is 10.9 Å². The topological polar surface area (TPSA) is 127 Å². The molecule has 0 radical (unpaired) electrons. The molecule has 2 aliphatic rings. The molecule has 0 bridgehead atoms. The molecule has 4 rings (SSSR count). The molecule has 10 nitrogen and oxygen atoms in total. The summed E-state index contributed by atoms with van der Waals surface area (Å²) in [5.41, 5.74) is 6.82. The summed E-state index contributed by atoms with van der Waals surface area (Å²) in [4.78, 5) is 12.3. The summed E-state index contributed by atoms with van der Waals surface area (Å²) < 4.78 is 24.4. The van der Waals surface area contributed by atoms with E-state index in [1.807, 2.05) is 6.92 Å². The van der Waals surface area contributed by atoms with E-state index < -0.39 is 31.0 Å². The van der Waals surface area contributed by atoms with E-state index >= 15 is 0 Å². The van der Waals surface area contributed by atoms with E-state index in [-0.39, 0.29) is 12.4 Å². The van der Waals surface area contributed by atoms with Gasteiger partial charge in [0.05, 0.1) is 12.9 Å². The first kappa shape index (κ1) is 14.7. The lowest BCUT2D eigenvalue weighted by atomic mass is 10.1. The lowest BCUT2D eigenvalue weighted by Gasteiger charge is -2.20. The second-order valence-electron chi connectivity index (χ2n) is 5.28. The molecule has 4 heterocycles. The van der Waals surface area contributed by atoms with Crippen LogP contribution < -0.4 is 5.73 Å². The first-order valence-corrected chi connectivity index (χ1v) is 7.34. The van der Waals surface area contributed by atoms with E-state index in [2.05, 4.69) is 15.0 Å². The number of hydrogen-bond acceptors (Lipinski definition) is 9. The third kappa shape index (κ3) is 2.26. The van der Waals surface area contributed by atoms with E-state index in [1.165, 1.54) is 6.33 Å². The number of aromatic nitrogens is 4. The summed E-state index contributed by atoms with van der Waals surface area (Å²) in [6.45, 7) is 1.34. The Morgan fingerprint density at radius 2 is 2.09 bits per heavy atom. The minimum absolute atomic E-state index is 0.191. The molecule has 2 fully saturated rings. The highest BCUT2D eigenvalue weighted by Crippen LogP contribution is 2.40. The third-order valence-corrected chi connectivity index (χ3v) is 3.97. The van der Waals surface area contributed by atoms with Gasteiger partial charge < -0.3 is 29.8 Å². The van der Waals surface area contributed by atoms with Gasteiger partial charge in [-0.2, -0.15) is 0 Å². The predicted octanol–water partition coefficient (Wildman–Crippen LogP) is -0.598. The molecule has 124 valence electrons. The van der Waals surface area contributed by atoms with Crippen LogP contribution in [0.4, 0.5) is 5.82 Å². The van der Waals surface area contributed by atoms with Crippen LogP contribution in [0.15, 0.2) is 12.7 Å². The zero-order valence-corrected chi connectivity index (χ0v) is 12.4. The average molecular weight is 323 g/mol. The molecule has 2 aromatic heterocycles. The molecular weight excluding hydrogens is 306 g/mol. The molecular formula is C13H17N5O5. The number of fused-ring (bicyclic) bond motifs is 2. The van der Waals surface area contributed by atoms with Gasteiger partial charge in [-0.25, -0.2) is 15.0 Å². The third-order valence-electron chi connectivity index (χ3n) is 3.97. The van der Waals surface area contributed by atoms with Crippen molar-refractivity contribution in [2.45, 2.75) is 37.9 Å². The van der Waals surface area contributed by atoms with Crippen LogP contribution in [0.1, 0.15) is 13.2 Å². The van der Waals surface area contributed by atoms with Gasteiger partial charge in [-0.05, 0) is 6.92 Å². The minimum atomic E-state index is -0.773. The number of rotatable bonds is 4. The number of hydrogen-bond donors (Lipinski definition) is 2. The molecule has 0 saturated carbocycles.